The van der Waals surface area contributed by atoms with E-state index in [4.69, 9.17) is 9.47 Å². The number of nitrogens with zero attached hydrogens (tertiary/aromatic N) is 2. The lowest BCUT2D eigenvalue weighted by atomic mass is 9.92. The molecule has 5 atom stereocenters. The van der Waals surface area contributed by atoms with Crippen LogP contribution in [0.2, 0.25) is 0 Å². The standard InChI is InChI=1S/C15H24N2O3/c1-5-6-10-7-11(8-16)17(4)13(10)14(18)12-9-19-15(2,3)20-12/h5-6,10-14,18H,7,9H2,1-4H3/b6-5-/t10-,11-,12-,13-,14-/m1/s1. The third-order valence-electron chi connectivity index (χ3n) is 4.25. The van der Waals surface area contributed by atoms with E-state index in [1.165, 1.54) is 0 Å². The number of hydrogen-bond donors (Lipinski definition) is 1. The third-order valence-corrected chi connectivity index (χ3v) is 4.25. The van der Waals surface area contributed by atoms with E-state index in [2.05, 4.69) is 12.1 Å². The molecule has 0 bridgehead atoms. The second-order valence-electron chi connectivity index (χ2n) is 6.08. The van der Waals surface area contributed by atoms with Gasteiger partial charge in [0.25, 0.3) is 0 Å². The number of ether oxygens (including phenoxy) is 2. The molecule has 2 aliphatic heterocycles. The van der Waals surface area contributed by atoms with Crippen LogP contribution in [0.15, 0.2) is 12.2 Å². The lowest BCUT2D eigenvalue weighted by molar-refractivity contribution is -0.156. The Morgan fingerprint density at radius 3 is 2.70 bits per heavy atom. The van der Waals surface area contributed by atoms with E-state index in [0.717, 1.165) is 6.42 Å². The number of aliphatic hydroxyl groups excluding tert-OH is 1. The first-order valence-corrected chi connectivity index (χ1v) is 7.14. The Labute approximate surface area is 120 Å². The average molecular weight is 280 g/mol. The Balaban J connectivity index is 2.14. The molecule has 2 rings (SSSR count). The van der Waals surface area contributed by atoms with Crippen LogP contribution in [-0.2, 0) is 9.47 Å². The number of allylic oxidation sites excluding steroid dienone is 1. The van der Waals surface area contributed by atoms with Crippen LogP contribution in [0.3, 0.4) is 0 Å². The molecular weight excluding hydrogens is 256 g/mol. The van der Waals surface area contributed by atoms with Gasteiger partial charge in [-0.25, -0.2) is 0 Å². The molecule has 0 unspecified atom stereocenters. The smallest absolute Gasteiger partial charge is 0.163 e. The van der Waals surface area contributed by atoms with Gasteiger partial charge in [0.05, 0.1) is 24.8 Å². The summed E-state index contributed by atoms with van der Waals surface area (Å²) < 4.78 is 11.3. The molecule has 5 heteroatoms. The number of likely N-dealkylation sites (tertiary alicyclic amines) is 1. The quantitative estimate of drug-likeness (QED) is 0.789. The minimum atomic E-state index is -0.665. The van der Waals surface area contributed by atoms with Crippen molar-refractivity contribution < 1.29 is 14.6 Å². The Morgan fingerprint density at radius 2 is 2.20 bits per heavy atom. The molecule has 0 spiro atoms. The van der Waals surface area contributed by atoms with Gasteiger partial charge in [-0.1, -0.05) is 12.2 Å². The molecule has 0 amide bonds. The van der Waals surface area contributed by atoms with E-state index in [-0.39, 0.29) is 24.1 Å². The molecule has 2 saturated heterocycles. The topological polar surface area (TPSA) is 65.7 Å². The van der Waals surface area contributed by atoms with Crippen molar-refractivity contribution in [3.63, 3.8) is 0 Å². The highest BCUT2D eigenvalue weighted by molar-refractivity contribution is 5.11. The number of likely N-dealkylation sites (N-methyl/N-ethyl adjacent to an activating group) is 1. The zero-order valence-corrected chi connectivity index (χ0v) is 12.6. The molecule has 1 N–H and O–H groups in total. The van der Waals surface area contributed by atoms with Crippen LogP contribution < -0.4 is 0 Å². The van der Waals surface area contributed by atoms with Gasteiger partial charge in [-0.2, -0.15) is 5.26 Å². The SMILES string of the molecule is C/C=C\[C@@H]1C[C@H](C#N)N(C)[C@H]1[C@H](O)[C@H]1COC(C)(C)O1. The summed E-state index contributed by atoms with van der Waals surface area (Å²) in [7, 11) is 1.90. The molecule has 0 aromatic heterocycles. The first kappa shape index (κ1) is 15.5. The van der Waals surface area contributed by atoms with Crippen LogP contribution in [0.5, 0.6) is 0 Å². The van der Waals surface area contributed by atoms with Crippen molar-refractivity contribution in [2.45, 2.75) is 57.3 Å². The number of nitriles is 1. The van der Waals surface area contributed by atoms with Crippen molar-refractivity contribution in [3.8, 4) is 6.07 Å². The Bertz CT molecular complexity index is 416. The highest BCUT2D eigenvalue weighted by atomic mass is 16.7. The van der Waals surface area contributed by atoms with Crippen LogP contribution in [0, 0.1) is 17.2 Å². The molecular formula is C15H24N2O3. The summed E-state index contributed by atoms with van der Waals surface area (Å²) in [5, 5.41) is 19.9. The maximum Gasteiger partial charge on any atom is 0.163 e. The van der Waals surface area contributed by atoms with Crippen LogP contribution in [0.1, 0.15) is 27.2 Å². The largest absolute Gasteiger partial charge is 0.389 e. The molecule has 0 aliphatic carbocycles. The molecule has 2 aliphatic rings. The summed E-state index contributed by atoms with van der Waals surface area (Å²) in [5.41, 5.74) is 0. The van der Waals surface area contributed by atoms with E-state index < -0.39 is 11.9 Å². The van der Waals surface area contributed by atoms with Crippen molar-refractivity contribution in [2.75, 3.05) is 13.7 Å². The van der Waals surface area contributed by atoms with Gasteiger partial charge in [0.1, 0.15) is 6.10 Å². The minimum absolute atomic E-state index is 0.113. The van der Waals surface area contributed by atoms with Crippen molar-refractivity contribution in [1.82, 2.24) is 4.90 Å². The van der Waals surface area contributed by atoms with Gasteiger partial charge in [-0.3, -0.25) is 4.90 Å². The fraction of sp³-hybridized carbons (Fsp3) is 0.800. The van der Waals surface area contributed by atoms with E-state index in [0.29, 0.717) is 6.61 Å². The van der Waals surface area contributed by atoms with Gasteiger partial charge < -0.3 is 14.6 Å². The van der Waals surface area contributed by atoms with Crippen LogP contribution >= 0.6 is 0 Å². The first-order valence-electron chi connectivity index (χ1n) is 7.14. The van der Waals surface area contributed by atoms with E-state index in [1.807, 2.05) is 38.8 Å². The number of hydrogen-bond acceptors (Lipinski definition) is 5. The average Bonchev–Trinajstić information content (AvgIpc) is 2.90. The van der Waals surface area contributed by atoms with Gasteiger partial charge in [0.2, 0.25) is 0 Å². The molecule has 20 heavy (non-hydrogen) atoms. The molecule has 2 heterocycles. The summed E-state index contributed by atoms with van der Waals surface area (Å²) in [6.45, 7) is 6.04. The highest BCUT2D eigenvalue weighted by Gasteiger charge is 2.47. The summed E-state index contributed by atoms with van der Waals surface area (Å²) in [5.74, 6) is -0.481. The van der Waals surface area contributed by atoms with Gasteiger partial charge in [-0.05, 0) is 40.2 Å². The predicted octanol–water partition coefficient (Wildman–Crippen LogP) is 1.29. The Kier molecular flexibility index (Phi) is 4.50. The summed E-state index contributed by atoms with van der Waals surface area (Å²) >= 11 is 0. The second-order valence-corrected chi connectivity index (χ2v) is 6.08. The summed E-state index contributed by atoms with van der Waals surface area (Å²) in [6, 6.07) is 2.03. The van der Waals surface area contributed by atoms with Gasteiger partial charge >= 0.3 is 0 Å². The van der Waals surface area contributed by atoms with Crippen molar-refractivity contribution >= 4 is 0 Å². The monoisotopic (exact) mass is 280 g/mol. The number of rotatable bonds is 3. The zero-order chi connectivity index (χ0) is 14.9. The number of aliphatic hydroxyl groups is 1. The predicted molar refractivity (Wildman–Crippen MR) is 74.8 cm³/mol. The Morgan fingerprint density at radius 1 is 1.50 bits per heavy atom. The van der Waals surface area contributed by atoms with Gasteiger partial charge in [-0.15, -0.1) is 0 Å². The van der Waals surface area contributed by atoms with E-state index in [1.54, 1.807) is 0 Å². The fourth-order valence-corrected chi connectivity index (χ4v) is 3.25. The lowest BCUT2D eigenvalue weighted by Gasteiger charge is -2.32. The molecule has 0 saturated carbocycles. The Hall–Kier alpha value is -0.930. The van der Waals surface area contributed by atoms with Crippen molar-refractivity contribution in [2.24, 2.45) is 5.92 Å². The molecule has 5 nitrogen and oxygen atoms in total. The second kappa shape index (κ2) is 5.82. The first-order chi connectivity index (χ1) is 9.39. The molecule has 0 aromatic carbocycles. The van der Waals surface area contributed by atoms with Crippen molar-refractivity contribution in [3.05, 3.63) is 12.2 Å². The van der Waals surface area contributed by atoms with E-state index in [9.17, 15) is 10.4 Å². The molecule has 0 aromatic rings. The lowest BCUT2D eigenvalue weighted by Crippen LogP contribution is -2.49. The maximum atomic E-state index is 10.7. The maximum absolute atomic E-state index is 10.7. The highest BCUT2D eigenvalue weighted by Crippen LogP contribution is 2.35. The third kappa shape index (κ3) is 2.89. The molecule has 112 valence electrons. The summed E-state index contributed by atoms with van der Waals surface area (Å²) in [4.78, 5) is 1.96. The van der Waals surface area contributed by atoms with Crippen molar-refractivity contribution in [1.29, 1.82) is 5.26 Å². The normalized spacial score (nSPS) is 39.2. The summed E-state index contributed by atoms with van der Waals surface area (Å²) in [6.07, 6.45) is 3.79. The van der Waals surface area contributed by atoms with E-state index >= 15 is 0 Å². The minimum Gasteiger partial charge on any atom is -0.389 e. The molecule has 0 radical (unpaired) electrons. The molecule has 2 fully saturated rings. The van der Waals surface area contributed by atoms with Crippen LogP contribution in [0.4, 0.5) is 0 Å². The van der Waals surface area contributed by atoms with Crippen LogP contribution in [-0.4, -0.2) is 53.7 Å². The fourth-order valence-electron chi connectivity index (χ4n) is 3.25. The van der Waals surface area contributed by atoms with Crippen LogP contribution in [0.25, 0.3) is 0 Å². The van der Waals surface area contributed by atoms with Gasteiger partial charge in [0, 0.05) is 6.04 Å². The van der Waals surface area contributed by atoms with Gasteiger partial charge in [0.15, 0.2) is 5.79 Å². The zero-order valence-electron chi connectivity index (χ0n) is 12.6.